The van der Waals surface area contributed by atoms with Gasteiger partial charge in [0.1, 0.15) is 17.2 Å². The zero-order valence-electron chi connectivity index (χ0n) is 11.3. The van der Waals surface area contributed by atoms with Crippen LogP contribution in [0.2, 0.25) is 10.0 Å². The van der Waals surface area contributed by atoms with E-state index in [0.29, 0.717) is 21.5 Å². The van der Waals surface area contributed by atoms with Crippen molar-refractivity contribution in [2.75, 3.05) is 5.32 Å². The Kier molecular flexibility index (Phi) is 4.85. The Bertz CT molecular complexity index is 750. The number of carbonyl (C=O) groups excluding carboxylic acids is 1. The largest absolute Gasteiger partial charge is 0.456 e. The molecule has 0 bridgehead atoms. The molecule has 0 unspecified atom stereocenters. The van der Waals surface area contributed by atoms with Crippen LogP contribution < -0.4 is 10.1 Å². The fourth-order valence-electron chi connectivity index (χ4n) is 1.71. The standard InChI is InChI=1S/C14H10Cl2N2O4/c1-8(19)17-12-7-10(3-4-13(12)18(20)21)22-14-5-2-9(15)6-11(14)16/h2-7H,1H3,(H,17,19). The first-order valence-corrected chi connectivity index (χ1v) is 6.81. The van der Waals surface area contributed by atoms with Crippen molar-refractivity contribution >= 4 is 40.5 Å². The molecular formula is C14H10Cl2N2O4. The molecule has 0 aliphatic rings. The van der Waals surface area contributed by atoms with Gasteiger partial charge in [0.15, 0.2) is 0 Å². The van der Waals surface area contributed by atoms with Gasteiger partial charge < -0.3 is 10.1 Å². The van der Waals surface area contributed by atoms with Crippen molar-refractivity contribution in [2.45, 2.75) is 6.92 Å². The maximum absolute atomic E-state index is 11.1. The van der Waals surface area contributed by atoms with Crippen LogP contribution in [-0.4, -0.2) is 10.8 Å². The molecule has 6 nitrogen and oxygen atoms in total. The average molecular weight is 341 g/mol. The first-order chi connectivity index (χ1) is 10.4. The van der Waals surface area contributed by atoms with E-state index in [1.54, 1.807) is 12.1 Å². The van der Waals surface area contributed by atoms with E-state index in [2.05, 4.69) is 5.32 Å². The van der Waals surface area contributed by atoms with E-state index in [-0.39, 0.29) is 11.4 Å². The molecule has 0 aliphatic carbocycles. The highest BCUT2D eigenvalue weighted by atomic mass is 35.5. The van der Waals surface area contributed by atoms with Crippen LogP contribution in [0.3, 0.4) is 0 Å². The number of amides is 1. The normalized spacial score (nSPS) is 10.1. The third-order valence-corrected chi connectivity index (χ3v) is 3.13. The summed E-state index contributed by atoms with van der Waals surface area (Å²) in [6, 6.07) is 8.69. The molecule has 2 aromatic rings. The maximum atomic E-state index is 11.1. The number of nitrogens with one attached hydrogen (secondary N) is 1. The summed E-state index contributed by atoms with van der Waals surface area (Å²) in [5.41, 5.74) is -0.190. The maximum Gasteiger partial charge on any atom is 0.293 e. The highest BCUT2D eigenvalue weighted by Gasteiger charge is 2.16. The number of hydrogen-bond acceptors (Lipinski definition) is 4. The van der Waals surface area contributed by atoms with Gasteiger partial charge in [-0.1, -0.05) is 23.2 Å². The molecular weight excluding hydrogens is 331 g/mol. The van der Waals surface area contributed by atoms with Crippen LogP contribution in [0.15, 0.2) is 36.4 Å². The third kappa shape index (κ3) is 3.87. The lowest BCUT2D eigenvalue weighted by molar-refractivity contribution is -0.383. The first-order valence-electron chi connectivity index (χ1n) is 6.06. The quantitative estimate of drug-likeness (QED) is 0.648. The highest BCUT2D eigenvalue weighted by Crippen LogP contribution is 2.35. The molecule has 1 N–H and O–H groups in total. The zero-order chi connectivity index (χ0) is 16.3. The Morgan fingerprint density at radius 2 is 1.95 bits per heavy atom. The van der Waals surface area contributed by atoms with Gasteiger partial charge in [-0.3, -0.25) is 14.9 Å². The minimum atomic E-state index is -0.593. The monoisotopic (exact) mass is 340 g/mol. The van der Waals surface area contributed by atoms with E-state index in [1.807, 2.05) is 0 Å². The summed E-state index contributed by atoms with van der Waals surface area (Å²) in [6.07, 6.45) is 0. The molecule has 8 heteroatoms. The molecule has 0 saturated heterocycles. The number of carbonyl (C=O) groups is 1. The lowest BCUT2D eigenvalue weighted by atomic mass is 10.2. The topological polar surface area (TPSA) is 81.5 Å². The van der Waals surface area contributed by atoms with Crippen molar-refractivity contribution in [3.8, 4) is 11.5 Å². The Labute approximate surface area is 135 Å². The van der Waals surface area contributed by atoms with Crippen LogP contribution in [0.1, 0.15) is 6.92 Å². The van der Waals surface area contributed by atoms with Crippen LogP contribution in [-0.2, 0) is 4.79 Å². The fourth-order valence-corrected chi connectivity index (χ4v) is 2.16. The van der Waals surface area contributed by atoms with Crippen LogP contribution in [0.4, 0.5) is 11.4 Å². The van der Waals surface area contributed by atoms with Gasteiger partial charge in [-0.2, -0.15) is 0 Å². The Morgan fingerprint density at radius 3 is 2.55 bits per heavy atom. The molecule has 1 amide bonds. The summed E-state index contributed by atoms with van der Waals surface area (Å²) in [4.78, 5) is 21.5. The van der Waals surface area contributed by atoms with Crippen molar-refractivity contribution in [3.05, 3.63) is 56.6 Å². The van der Waals surface area contributed by atoms with Crippen LogP contribution in [0, 0.1) is 10.1 Å². The number of nitrogens with zero attached hydrogens (tertiary/aromatic N) is 1. The lowest BCUT2D eigenvalue weighted by Crippen LogP contribution is -2.08. The highest BCUT2D eigenvalue weighted by molar-refractivity contribution is 6.35. The number of rotatable bonds is 4. The lowest BCUT2D eigenvalue weighted by Gasteiger charge is -2.10. The number of nitro benzene ring substituents is 1. The van der Waals surface area contributed by atoms with Gasteiger partial charge in [-0.25, -0.2) is 0 Å². The molecule has 0 fully saturated rings. The van der Waals surface area contributed by atoms with Gasteiger partial charge in [0.05, 0.1) is 9.95 Å². The molecule has 0 aromatic heterocycles. The summed E-state index contributed by atoms with van der Waals surface area (Å²) < 4.78 is 5.56. The molecule has 0 spiro atoms. The van der Waals surface area contributed by atoms with Crippen molar-refractivity contribution in [1.29, 1.82) is 0 Å². The van der Waals surface area contributed by atoms with E-state index in [0.717, 1.165) is 0 Å². The van der Waals surface area contributed by atoms with Crippen molar-refractivity contribution < 1.29 is 14.5 Å². The van der Waals surface area contributed by atoms with Gasteiger partial charge >= 0.3 is 0 Å². The Balaban J connectivity index is 2.35. The number of ether oxygens (including phenoxy) is 1. The second-order valence-electron chi connectivity index (χ2n) is 4.29. The number of nitro groups is 1. The van der Waals surface area contributed by atoms with E-state index in [1.165, 1.54) is 31.2 Å². The zero-order valence-corrected chi connectivity index (χ0v) is 12.8. The van der Waals surface area contributed by atoms with Crippen LogP contribution in [0.25, 0.3) is 0 Å². The molecule has 0 saturated carbocycles. The van der Waals surface area contributed by atoms with Crippen molar-refractivity contribution in [2.24, 2.45) is 0 Å². The molecule has 22 heavy (non-hydrogen) atoms. The molecule has 0 heterocycles. The summed E-state index contributed by atoms with van der Waals surface area (Å²) in [5.74, 6) is 0.206. The Hall–Kier alpha value is -2.31. The molecule has 2 rings (SSSR count). The van der Waals surface area contributed by atoms with Gasteiger partial charge in [0.2, 0.25) is 5.91 Å². The van der Waals surface area contributed by atoms with Crippen LogP contribution in [0.5, 0.6) is 11.5 Å². The molecule has 0 aliphatic heterocycles. The van der Waals surface area contributed by atoms with Gasteiger partial charge in [-0.05, 0) is 24.3 Å². The van der Waals surface area contributed by atoms with Crippen molar-refractivity contribution in [1.82, 2.24) is 0 Å². The minimum absolute atomic E-state index is 0.0417. The van der Waals surface area contributed by atoms with Crippen LogP contribution >= 0.6 is 23.2 Å². The summed E-state index contributed by atoms with van der Waals surface area (Å²) in [5, 5.41) is 14.1. The molecule has 2 aromatic carbocycles. The predicted octanol–water partition coefficient (Wildman–Crippen LogP) is 4.65. The Morgan fingerprint density at radius 1 is 1.23 bits per heavy atom. The number of hydrogen-bond donors (Lipinski definition) is 1. The SMILES string of the molecule is CC(=O)Nc1cc(Oc2ccc(Cl)cc2Cl)ccc1[N+](=O)[O-]. The average Bonchev–Trinajstić information content (AvgIpc) is 2.41. The second-order valence-corrected chi connectivity index (χ2v) is 5.14. The van der Waals surface area contributed by atoms with Gasteiger partial charge in [0, 0.05) is 24.1 Å². The first kappa shape index (κ1) is 16.1. The van der Waals surface area contributed by atoms with Gasteiger partial charge in [0.25, 0.3) is 5.69 Å². The number of benzene rings is 2. The van der Waals surface area contributed by atoms with E-state index in [4.69, 9.17) is 27.9 Å². The van der Waals surface area contributed by atoms with E-state index in [9.17, 15) is 14.9 Å². The van der Waals surface area contributed by atoms with Crippen molar-refractivity contribution in [3.63, 3.8) is 0 Å². The smallest absolute Gasteiger partial charge is 0.293 e. The number of halogens is 2. The second kappa shape index (κ2) is 6.64. The summed E-state index contributed by atoms with van der Waals surface area (Å²) >= 11 is 11.8. The molecule has 114 valence electrons. The summed E-state index contributed by atoms with van der Waals surface area (Å²) in [6.45, 7) is 1.26. The predicted molar refractivity (Wildman–Crippen MR) is 83.9 cm³/mol. The minimum Gasteiger partial charge on any atom is -0.456 e. The number of anilines is 1. The van der Waals surface area contributed by atoms with E-state index >= 15 is 0 Å². The van der Waals surface area contributed by atoms with E-state index < -0.39 is 10.8 Å². The van der Waals surface area contributed by atoms with Gasteiger partial charge in [-0.15, -0.1) is 0 Å². The molecule has 0 radical (unpaired) electrons. The third-order valence-electron chi connectivity index (χ3n) is 2.60. The summed E-state index contributed by atoms with van der Waals surface area (Å²) in [7, 11) is 0. The fraction of sp³-hybridized carbons (Fsp3) is 0.0714. The molecule has 0 atom stereocenters.